The highest BCUT2D eigenvalue weighted by Gasteiger charge is 2.55. The van der Waals surface area contributed by atoms with Gasteiger partial charge < -0.3 is 19.2 Å². The third-order valence-electron chi connectivity index (χ3n) is 5.01. The number of urea groups is 1. The number of furan rings is 1. The number of hydrogen-bond donors (Lipinski definition) is 1. The molecule has 0 radical (unpaired) electrons. The van der Waals surface area contributed by atoms with E-state index in [-0.39, 0.29) is 31.7 Å². The van der Waals surface area contributed by atoms with Crippen molar-refractivity contribution in [3.05, 3.63) is 24.2 Å². The van der Waals surface area contributed by atoms with Crippen molar-refractivity contribution < 1.29 is 23.8 Å². The molecule has 3 rings (SSSR count). The van der Waals surface area contributed by atoms with Crippen LogP contribution in [0.3, 0.4) is 0 Å². The van der Waals surface area contributed by atoms with Crippen LogP contribution in [-0.2, 0) is 16.1 Å². The van der Waals surface area contributed by atoms with E-state index in [1.54, 1.807) is 30.3 Å². The van der Waals surface area contributed by atoms with E-state index in [1.165, 1.54) is 4.90 Å². The largest absolute Gasteiger partial charge is 0.467 e. The van der Waals surface area contributed by atoms with Crippen molar-refractivity contribution in [1.29, 1.82) is 0 Å². The lowest BCUT2D eigenvalue weighted by Gasteiger charge is -2.35. The van der Waals surface area contributed by atoms with Crippen molar-refractivity contribution >= 4 is 11.9 Å². The van der Waals surface area contributed by atoms with E-state index in [0.29, 0.717) is 18.6 Å². The molecular formula is C17H24N2O5. The number of nitrogens with zero attached hydrogens (tertiary/aromatic N) is 2. The summed E-state index contributed by atoms with van der Waals surface area (Å²) >= 11 is 0. The minimum atomic E-state index is -0.917. The molecule has 2 aliphatic rings. The topological polar surface area (TPSA) is 83.2 Å². The number of likely N-dealkylation sites (N-methyl/N-ethyl adjacent to an activating group) is 1. The zero-order chi connectivity index (χ0) is 17.2. The van der Waals surface area contributed by atoms with Crippen LogP contribution in [0.25, 0.3) is 0 Å². The summed E-state index contributed by atoms with van der Waals surface area (Å²) in [5.74, 6) is 0.483. The second-order valence-electron chi connectivity index (χ2n) is 6.60. The lowest BCUT2D eigenvalue weighted by molar-refractivity contribution is -0.135. The Morgan fingerprint density at radius 2 is 2.08 bits per heavy atom. The van der Waals surface area contributed by atoms with Gasteiger partial charge in [-0.1, -0.05) is 19.3 Å². The highest BCUT2D eigenvalue weighted by molar-refractivity contribution is 6.07. The van der Waals surface area contributed by atoms with Crippen LogP contribution < -0.4 is 0 Å². The summed E-state index contributed by atoms with van der Waals surface area (Å²) < 4.78 is 10.5. The Labute approximate surface area is 141 Å². The number of ether oxygens (including phenoxy) is 1. The molecule has 2 heterocycles. The Hall–Kier alpha value is -1.86. The Balaban J connectivity index is 1.56. The van der Waals surface area contributed by atoms with E-state index in [2.05, 4.69) is 0 Å². The van der Waals surface area contributed by atoms with Gasteiger partial charge in [0.05, 0.1) is 25.5 Å². The quantitative estimate of drug-likeness (QED) is 0.800. The number of carbonyl (C=O) groups excluding carboxylic acids is 2. The van der Waals surface area contributed by atoms with Crippen molar-refractivity contribution in [3.8, 4) is 0 Å². The van der Waals surface area contributed by atoms with Gasteiger partial charge in [0.1, 0.15) is 17.9 Å². The second kappa shape index (κ2) is 6.94. The maximum atomic E-state index is 12.8. The summed E-state index contributed by atoms with van der Waals surface area (Å²) in [5.41, 5.74) is -0.704. The number of carbonyl (C=O) groups is 2. The van der Waals surface area contributed by atoms with E-state index < -0.39 is 11.6 Å². The molecule has 7 nitrogen and oxygen atoms in total. The van der Waals surface area contributed by atoms with Gasteiger partial charge >= 0.3 is 6.03 Å². The van der Waals surface area contributed by atoms with Crippen molar-refractivity contribution in [2.24, 2.45) is 0 Å². The number of imide groups is 1. The average molecular weight is 336 g/mol. The first-order valence-corrected chi connectivity index (χ1v) is 8.42. The highest BCUT2D eigenvalue weighted by Crippen LogP contribution is 2.39. The van der Waals surface area contributed by atoms with Crippen molar-refractivity contribution in [2.75, 3.05) is 20.2 Å². The van der Waals surface area contributed by atoms with Gasteiger partial charge in [-0.05, 0) is 25.0 Å². The molecule has 1 atom stereocenters. The summed E-state index contributed by atoms with van der Waals surface area (Å²) in [5, 5.41) is 10.1. The number of hydrogen-bond acceptors (Lipinski definition) is 5. The van der Waals surface area contributed by atoms with E-state index in [4.69, 9.17) is 9.15 Å². The smallest absolute Gasteiger partial charge is 0.327 e. The summed E-state index contributed by atoms with van der Waals surface area (Å²) in [6, 6.07) is 3.21. The van der Waals surface area contributed by atoms with E-state index >= 15 is 0 Å². The fourth-order valence-electron chi connectivity index (χ4n) is 3.65. The monoisotopic (exact) mass is 336 g/mol. The molecule has 0 bridgehead atoms. The molecule has 1 N–H and O–H groups in total. The fraction of sp³-hybridized carbons (Fsp3) is 0.647. The van der Waals surface area contributed by atoms with Crippen LogP contribution in [0, 0.1) is 0 Å². The molecule has 1 aliphatic carbocycles. The maximum Gasteiger partial charge on any atom is 0.327 e. The molecule has 2 fully saturated rings. The zero-order valence-corrected chi connectivity index (χ0v) is 13.9. The first-order valence-electron chi connectivity index (χ1n) is 8.42. The molecule has 0 aromatic carbocycles. The van der Waals surface area contributed by atoms with E-state index in [0.717, 1.165) is 19.3 Å². The lowest BCUT2D eigenvalue weighted by atomic mass is 9.81. The predicted octanol–water partition coefficient (Wildman–Crippen LogP) is 1.75. The molecule has 1 aromatic rings. The van der Waals surface area contributed by atoms with Crippen LogP contribution in [0.2, 0.25) is 0 Å². The van der Waals surface area contributed by atoms with Gasteiger partial charge in [0.25, 0.3) is 5.91 Å². The molecule has 3 amide bonds. The summed E-state index contributed by atoms with van der Waals surface area (Å²) in [4.78, 5) is 28.0. The summed E-state index contributed by atoms with van der Waals surface area (Å²) in [6.07, 6.45) is 5.04. The van der Waals surface area contributed by atoms with Gasteiger partial charge in [-0.3, -0.25) is 9.69 Å². The lowest BCUT2D eigenvalue weighted by Crippen LogP contribution is -2.49. The van der Waals surface area contributed by atoms with Gasteiger partial charge in [0.2, 0.25) is 0 Å². The Kier molecular flexibility index (Phi) is 4.91. The van der Waals surface area contributed by atoms with Crippen LogP contribution >= 0.6 is 0 Å². The van der Waals surface area contributed by atoms with Crippen molar-refractivity contribution in [3.63, 3.8) is 0 Å². The minimum Gasteiger partial charge on any atom is -0.467 e. The Morgan fingerprint density at radius 1 is 1.33 bits per heavy atom. The Morgan fingerprint density at radius 3 is 2.75 bits per heavy atom. The highest BCUT2D eigenvalue weighted by atomic mass is 16.5. The van der Waals surface area contributed by atoms with Crippen LogP contribution in [-0.4, -0.2) is 58.7 Å². The molecule has 7 heteroatoms. The molecule has 0 unspecified atom stereocenters. The first-order chi connectivity index (χ1) is 11.5. The van der Waals surface area contributed by atoms with E-state index in [9.17, 15) is 14.7 Å². The zero-order valence-electron chi connectivity index (χ0n) is 13.9. The number of aliphatic hydroxyl groups is 1. The summed E-state index contributed by atoms with van der Waals surface area (Å²) in [7, 11) is 1.69. The van der Waals surface area contributed by atoms with Crippen LogP contribution in [0.4, 0.5) is 4.79 Å². The van der Waals surface area contributed by atoms with Gasteiger partial charge in [-0.25, -0.2) is 4.79 Å². The molecule has 1 aromatic heterocycles. The second-order valence-corrected chi connectivity index (χ2v) is 6.60. The fourth-order valence-corrected chi connectivity index (χ4v) is 3.65. The van der Waals surface area contributed by atoms with Gasteiger partial charge in [-0.2, -0.15) is 0 Å². The molecular weight excluding hydrogens is 312 g/mol. The first kappa shape index (κ1) is 17.0. The number of β-amino-alcohol motifs (C(OH)–C–C–N with tert-alkyl or cyclic N) is 1. The minimum absolute atomic E-state index is 0.0362. The standard InChI is InChI=1S/C17H24N2O5/c1-18-16(22)19(15(21)17(18)7-3-2-4-8-17)10-13(20)11-23-12-14-6-5-9-24-14/h5-6,9,13,20H,2-4,7-8,10-12H2,1H3/t13-/m1/s1. The normalized spacial score (nSPS) is 21.8. The number of aliphatic hydroxyl groups excluding tert-OH is 1. The third-order valence-corrected chi connectivity index (χ3v) is 5.01. The van der Waals surface area contributed by atoms with Crippen LogP contribution in [0.5, 0.6) is 0 Å². The van der Waals surface area contributed by atoms with Crippen LogP contribution in [0.1, 0.15) is 37.9 Å². The van der Waals surface area contributed by atoms with Gasteiger partial charge in [0.15, 0.2) is 0 Å². The van der Waals surface area contributed by atoms with Gasteiger partial charge in [0, 0.05) is 7.05 Å². The molecule has 1 saturated heterocycles. The third kappa shape index (κ3) is 3.06. The van der Waals surface area contributed by atoms with Crippen molar-refractivity contribution in [2.45, 2.75) is 50.4 Å². The summed E-state index contributed by atoms with van der Waals surface area (Å²) in [6.45, 7) is 0.242. The number of amides is 3. The molecule has 1 spiro atoms. The molecule has 24 heavy (non-hydrogen) atoms. The SMILES string of the molecule is CN1C(=O)N(C[C@@H](O)COCc2ccco2)C(=O)C12CCCCC2. The van der Waals surface area contributed by atoms with Crippen LogP contribution in [0.15, 0.2) is 22.8 Å². The maximum absolute atomic E-state index is 12.8. The Bertz CT molecular complexity index is 580. The number of rotatable bonds is 6. The average Bonchev–Trinajstić information content (AvgIpc) is 3.16. The van der Waals surface area contributed by atoms with Gasteiger partial charge in [-0.15, -0.1) is 0 Å². The molecule has 1 aliphatic heterocycles. The van der Waals surface area contributed by atoms with Crippen molar-refractivity contribution in [1.82, 2.24) is 9.80 Å². The van der Waals surface area contributed by atoms with E-state index in [1.807, 2.05) is 0 Å². The molecule has 132 valence electrons. The molecule has 1 saturated carbocycles. The predicted molar refractivity (Wildman–Crippen MR) is 85.1 cm³/mol.